The van der Waals surface area contributed by atoms with Crippen molar-refractivity contribution in [3.8, 4) is 0 Å². The van der Waals surface area contributed by atoms with Gasteiger partial charge in [-0.3, -0.25) is 0 Å². The van der Waals surface area contributed by atoms with E-state index in [0.717, 1.165) is 6.42 Å². The highest BCUT2D eigenvalue weighted by Gasteiger charge is 2.38. The maximum atomic E-state index is 11.8. The van der Waals surface area contributed by atoms with E-state index in [1.54, 1.807) is 0 Å². The van der Waals surface area contributed by atoms with Crippen LogP contribution in [-0.4, -0.2) is 36.6 Å². The lowest BCUT2D eigenvalue weighted by atomic mass is 10.1. The van der Waals surface area contributed by atoms with Crippen LogP contribution in [0.5, 0.6) is 0 Å². The van der Waals surface area contributed by atoms with Gasteiger partial charge < -0.3 is 9.47 Å². The minimum Gasteiger partial charge on any atom is -0.376 e. The molecule has 0 bridgehead atoms. The van der Waals surface area contributed by atoms with E-state index >= 15 is 0 Å². The second-order valence-electron chi connectivity index (χ2n) is 5.26. The molecule has 0 radical (unpaired) electrons. The molecule has 17 heavy (non-hydrogen) atoms. The third-order valence-corrected chi connectivity index (χ3v) is 4.32. The van der Waals surface area contributed by atoms with Crippen molar-refractivity contribution in [2.24, 2.45) is 0 Å². The standard InChI is InChI=1S/C12H25NO3P/c1-8(2)15-7-12-11(6-10(5)16-12)13-17(14)9(3)4/h8-12H,6-7H2,1-5H3,(H,13,14)/q+1/t10-,11-,12+/m0/s1. The topological polar surface area (TPSA) is 47.6 Å². The highest BCUT2D eigenvalue weighted by Crippen LogP contribution is 2.29. The minimum absolute atomic E-state index is 0.0186. The van der Waals surface area contributed by atoms with E-state index in [0.29, 0.717) is 6.61 Å². The summed E-state index contributed by atoms with van der Waals surface area (Å²) in [6, 6.07) is 0.148. The van der Waals surface area contributed by atoms with Gasteiger partial charge in [0.05, 0.1) is 24.9 Å². The van der Waals surface area contributed by atoms with Crippen LogP contribution in [0.4, 0.5) is 0 Å². The molecule has 1 N–H and O–H groups in total. The first-order valence-electron chi connectivity index (χ1n) is 6.39. The second-order valence-corrected chi connectivity index (χ2v) is 7.20. The summed E-state index contributed by atoms with van der Waals surface area (Å²) in [5, 5.41) is 3.19. The van der Waals surface area contributed by atoms with E-state index in [-0.39, 0.29) is 30.0 Å². The van der Waals surface area contributed by atoms with E-state index in [2.05, 4.69) is 5.09 Å². The van der Waals surface area contributed by atoms with Crippen molar-refractivity contribution in [2.45, 2.75) is 71.1 Å². The van der Waals surface area contributed by atoms with Crippen molar-refractivity contribution >= 4 is 7.95 Å². The summed E-state index contributed by atoms with van der Waals surface area (Å²) >= 11 is 0. The van der Waals surface area contributed by atoms with Crippen molar-refractivity contribution in [3.63, 3.8) is 0 Å². The van der Waals surface area contributed by atoms with Gasteiger partial charge in [-0.05, 0) is 41.0 Å². The Morgan fingerprint density at radius 3 is 2.59 bits per heavy atom. The summed E-state index contributed by atoms with van der Waals surface area (Å²) in [5.74, 6) is 0. The number of hydrogen-bond acceptors (Lipinski definition) is 3. The molecule has 0 aromatic carbocycles. The summed E-state index contributed by atoms with van der Waals surface area (Å²) in [4.78, 5) is 0. The van der Waals surface area contributed by atoms with Gasteiger partial charge in [-0.25, -0.2) is 0 Å². The van der Waals surface area contributed by atoms with Gasteiger partial charge in [0.2, 0.25) is 0 Å². The van der Waals surface area contributed by atoms with Crippen LogP contribution in [-0.2, 0) is 14.0 Å². The molecule has 0 aromatic rings. The lowest BCUT2D eigenvalue weighted by molar-refractivity contribution is -0.0323. The molecule has 1 heterocycles. The average molecular weight is 262 g/mol. The Balaban J connectivity index is 2.47. The van der Waals surface area contributed by atoms with Gasteiger partial charge in [-0.2, -0.15) is 0 Å². The Morgan fingerprint density at radius 1 is 1.41 bits per heavy atom. The maximum Gasteiger partial charge on any atom is 0.435 e. The molecule has 1 saturated heterocycles. The van der Waals surface area contributed by atoms with Crippen LogP contribution in [0.3, 0.4) is 0 Å². The lowest BCUT2D eigenvalue weighted by Crippen LogP contribution is -2.36. The third kappa shape index (κ3) is 5.01. The van der Waals surface area contributed by atoms with Gasteiger partial charge in [0.15, 0.2) is 5.66 Å². The molecular formula is C12H25NO3P+. The minimum atomic E-state index is -1.36. The van der Waals surface area contributed by atoms with E-state index < -0.39 is 7.95 Å². The maximum absolute atomic E-state index is 11.8. The summed E-state index contributed by atoms with van der Waals surface area (Å²) in [6.07, 6.45) is 1.34. The number of nitrogens with one attached hydrogen (secondary N) is 1. The fourth-order valence-electron chi connectivity index (χ4n) is 1.85. The SMILES string of the molecule is CC(C)OC[C@H]1O[C@@H](C)C[C@@H]1N[P+](=O)C(C)C. The van der Waals surface area contributed by atoms with Crippen LogP contribution in [0.15, 0.2) is 0 Å². The predicted molar refractivity (Wildman–Crippen MR) is 69.7 cm³/mol. The summed E-state index contributed by atoms with van der Waals surface area (Å²) in [6.45, 7) is 10.6. The molecule has 0 spiro atoms. The quantitative estimate of drug-likeness (QED) is 0.748. The van der Waals surface area contributed by atoms with Gasteiger partial charge >= 0.3 is 7.95 Å². The Morgan fingerprint density at radius 2 is 2.06 bits per heavy atom. The zero-order chi connectivity index (χ0) is 13.0. The Kier molecular flexibility index (Phi) is 6.01. The molecule has 5 heteroatoms. The van der Waals surface area contributed by atoms with Crippen LogP contribution in [0, 0.1) is 0 Å². The molecule has 1 aliphatic rings. The van der Waals surface area contributed by atoms with Gasteiger partial charge in [-0.1, -0.05) is 4.57 Å². The number of rotatable bonds is 6. The molecular weight excluding hydrogens is 237 g/mol. The Hall–Kier alpha value is -0.0200. The molecule has 1 unspecified atom stereocenters. The zero-order valence-corrected chi connectivity index (χ0v) is 12.4. The molecule has 1 fully saturated rings. The molecule has 0 saturated carbocycles. The normalized spacial score (nSPS) is 30.3. The van der Waals surface area contributed by atoms with E-state index in [1.807, 2.05) is 34.6 Å². The van der Waals surface area contributed by atoms with Gasteiger partial charge in [0.1, 0.15) is 6.10 Å². The van der Waals surface area contributed by atoms with Crippen molar-refractivity contribution < 1.29 is 14.0 Å². The Bertz CT molecular complexity index is 258. The molecule has 0 aromatic heterocycles. The number of hydrogen-bond donors (Lipinski definition) is 1. The lowest BCUT2D eigenvalue weighted by Gasteiger charge is -2.17. The summed E-state index contributed by atoms with van der Waals surface area (Å²) in [7, 11) is -1.36. The van der Waals surface area contributed by atoms with Crippen molar-refractivity contribution in [1.82, 2.24) is 5.09 Å². The van der Waals surface area contributed by atoms with Crippen LogP contribution in [0.25, 0.3) is 0 Å². The monoisotopic (exact) mass is 262 g/mol. The summed E-state index contributed by atoms with van der Waals surface area (Å²) in [5.41, 5.74) is 0.160. The highest BCUT2D eigenvalue weighted by molar-refractivity contribution is 7.43. The number of ether oxygens (including phenoxy) is 2. The van der Waals surface area contributed by atoms with Crippen LogP contribution in [0.1, 0.15) is 41.0 Å². The van der Waals surface area contributed by atoms with Crippen LogP contribution >= 0.6 is 7.95 Å². The second kappa shape index (κ2) is 6.79. The van der Waals surface area contributed by atoms with E-state index in [4.69, 9.17) is 9.47 Å². The first-order chi connectivity index (χ1) is 7.90. The van der Waals surface area contributed by atoms with Crippen LogP contribution < -0.4 is 5.09 Å². The molecule has 0 aliphatic carbocycles. The zero-order valence-electron chi connectivity index (χ0n) is 11.5. The molecule has 4 nitrogen and oxygen atoms in total. The van der Waals surface area contributed by atoms with Gasteiger partial charge in [0.25, 0.3) is 0 Å². The smallest absolute Gasteiger partial charge is 0.376 e. The fraction of sp³-hybridized carbons (Fsp3) is 1.00. The van der Waals surface area contributed by atoms with Crippen molar-refractivity contribution in [1.29, 1.82) is 0 Å². The molecule has 1 rings (SSSR count). The average Bonchev–Trinajstić information content (AvgIpc) is 2.55. The molecule has 100 valence electrons. The fourth-order valence-corrected chi connectivity index (χ4v) is 2.75. The largest absolute Gasteiger partial charge is 0.435 e. The van der Waals surface area contributed by atoms with E-state index in [1.165, 1.54) is 0 Å². The van der Waals surface area contributed by atoms with E-state index in [9.17, 15) is 4.57 Å². The van der Waals surface area contributed by atoms with Crippen molar-refractivity contribution in [2.75, 3.05) is 6.61 Å². The molecule has 0 amide bonds. The molecule has 1 aliphatic heterocycles. The first-order valence-corrected chi connectivity index (χ1v) is 7.72. The van der Waals surface area contributed by atoms with Gasteiger partial charge in [-0.15, -0.1) is 5.09 Å². The first kappa shape index (κ1) is 15.0. The van der Waals surface area contributed by atoms with Crippen molar-refractivity contribution in [3.05, 3.63) is 0 Å². The molecule has 4 atom stereocenters. The predicted octanol–water partition coefficient (Wildman–Crippen LogP) is 2.70. The Labute approximate surface area is 105 Å². The van der Waals surface area contributed by atoms with Gasteiger partial charge in [0, 0.05) is 0 Å². The summed E-state index contributed by atoms with van der Waals surface area (Å²) < 4.78 is 23.2. The third-order valence-electron chi connectivity index (χ3n) is 2.80. The van der Waals surface area contributed by atoms with Crippen LogP contribution in [0.2, 0.25) is 0 Å². The highest BCUT2D eigenvalue weighted by atomic mass is 31.1.